The number of carbonyl (C=O) groups is 1. The van der Waals surface area contributed by atoms with E-state index in [4.69, 9.17) is 14.3 Å². The van der Waals surface area contributed by atoms with Gasteiger partial charge >= 0.3 is 5.97 Å². The number of carbonyl (C=O) groups excluding carboxylic acids is 1. The average Bonchev–Trinajstić information content (AvgIpc) is 2.97. The number of benzene rings is 2. The second-order valence-corrected chi connectivity index (χ2v) is 14.5. The van der Waals surface area contributed by atoms with Crippen molar-refractivity contribution in [2.45, 2.75) is 150 Å². The van der Waals surface area contributed by atoms with Crippen LogP contribution in [0.25, 0.3) is 0 Å². The normalized spacial score (nSPS) is 21.9. The molecule has 4 rings (SSSR count). The molecule has 0 saturated carbocycles. The SMILES string of the molecule is CCCOc1ccc(CON2C(C)CCCC2C)cc1.Cc1cc(CCC(=O)OC2CC(C)(C)N(C)C(C)(C)C2)cc(C)c1O. The molecule has 2 aromatic rings. The summed E-state index contributed by atoms with van der Waals surface area (Å²) >= 11 is 0. The number of hydroxylamine groups is 2. The molecular weight excluding hydrogens is 564 g/mol. The molecule has 0 bridgehead atoms. The van der Waals surface area contributed by atoms with Gasteiger partial charge < -0.3 is 14.6 Å². The van der Waals surface area contributed by atoms with E-state index in [9.17, 15) is 9.90 Å². The summed E-state index contributed by atoms with van der Waals surface area (Å²) in [6.45, 7) is 20.6. The topological polar surface area (TPSA) is 71.5 Å². The van der Waals surface area contributed by atoms with Gasteiger partial charge in [0.05, 0.1) is 13.2 Å². The molecule has 0 radical (unpaired) electrons. The number of nitrogens with zero attached hydrogens (tertiary/aromatic N) is 2. The van der Waals surface area contributed by atoms with Crippen LogP contribution in [0.1, 0.15) is 116 Å². The Kier molecular flexibility index (Phi) is 13.3. The molecule has 2 unspecified atom stereocenters. The summed E-state index contributed by atoms with van der Waals surface area (Å²) in [6.07, 6.45) is 7.50. The van der Waals surface area contributed by atoms with Crippen molar-refractivity contribution in [2.24, 2.45) is 0 Å². The van der Waals surface area contributed by atoms with Crippen LogP contribution >= 0.6 is 0 Å². The second kappa shape index (κ2) is 16.3. The molecule has 2 atom stereocenters. The zero-order valence-corrected chi connectivity index (χ0v) is 29.7. The fourth-order valence-electron chi connectivity index (χ4n) is 6.75. The van der Waals surface area contributed by atoms with E-state index >= 15 is 0 Å². The van der Waals surface area contributed by atoms with Crippen molar-refractivity contribution >= 4 is 5.97 Å². The van der Waals surface area contributed by atoms with E-state index in [1.165, 1.54) is 24.8 Å². The Balaban J connectivity index is 0.000000251. The van der Waals surface area contributed by atoms with Gasteiger partial charge in [-0.05, 0) is 123 Å². The van der Waals surface area contributed by atoms with E-state index in [-0.39, 0.29) is 23.2 Å². The molecule has 2 aliphatic heterocycles. The Morgan fingerprint density at radius 1 is 0.933 bits per heavy atom. The minimum Gasteiger partial charge on any atom is -0.507 e. The Labute approximate surface area is 273 Å². The molecule has 2 aliphatic rings. The summed E-state index contributed by atoms with van der Waals surface area (Å²) in [5.41, 5.74) is 3.98. The van der Waals surface area contributed by atoms with Crippen LogP contribution in [0.2, 0.25) is 0 Å². The molecule has 252 valence electrons. The van der Waals surface area contributed by atoms with Crippen molar-refractivity contribution < 1.29 is 24.2 Å². The minimum atomic E-state index is -0.135. The molecule has 0 spiro atoms. The minimum absolute atomic E-state index is 0.0118. The third-order valence-electron chi connectivity index (χ3n) is 9.63. The predicted molar refractivity (Wildman–Crippen MR) is 183 cm³/mol. The Morgan fingerprint density at radius 3 is 2.02 bits per heavy atom. The van der Waals surface area contributed by atoms with Crippen LogP contribution in [0.4, 0.5) is 0 Å². The van der Waals surface area contributed by atoms with Gasteiger partial charge in [0.1, 0.15) is 17.6 Å². The van der Waals surface area contributed by atoms with Gasteiger partial charge in [-0.3, -0.25) is 14.5 Å². The van der Waals surface area contributed by atoms with Gasteiger partial charge in [0, 0.05) is 42.4 Å². The van der Waals surface area contributed by atoms with E-state index in [1.807, 2.05) is 38.1 Å². The molecule has 2 fully saturated rings. The number of hydrogen-bond donors (Lipinski definition) is 1. The predicted octanol–water partition coefficient (Wildman–Crippen LogP) is 8.31. The lowest BCUT2D eigenvalue weighted by molar-refractivity contribution is -0.227. The highest BCUT2D eigenvalue weighted by atomic mass is 16.7. The van der Waals surface area contributed by atoms with Crippen molar-refractivity contribution in [3.63, 3.8) is 0 Å². The molecule has 2 aromatic carbocycles. The average molecular weight is 625 g/mol. The fourth-order valence-corrected chi connectivity index (χ4v) is 6.75. The van der Waals surface area contributed by atoms with Crippen LogP contribution in [0.5, 0.6) is 11.5 Å². The van der Waals surface area contributed by atoms with Gasteiger partial charge in [-0.2, -0.15) is 5.06 Å². The van der Waals surface area contributed by atoms with Crippen LogP contribution in [0.3, 0.4) is 0 Å². The number of esters is 1. The smallest absolute Gasteiger partial charge is 0.306 e. The fraction of sp³-hybridized carbons (Fsp3) is 0.658. The summed E-state index contributed by atoms with van der Waals surface area (Å²) < 4.78 is 11.4. The van der Waals surface area contributed by atoms with Crippen molar-refractivity contribution in [1.29, 1.82) is 0 Å². The van der Waals surface area contributed by atoms with Crippen LogP contribution in [-0.4, -0.2) is 64.0 Å². The number of phenols is 1. The van der Waals surface area contributed by atoms with Crippen LogP contribution in [-0.2, 0) is 27.4 Å². The first-order valence-corrected chi connectivity index (χ1v) is 17.0. The largest absolute Gasteiger partial charge is 0.507 e. The summed E-state index contributed by atoms with van der Waals surface area (Å²) in [7, 11) is 2.15. The standard InChI is InChI=1S/C21H33NO3.C17H27NO2/c1-14-10-16(11-15(2)19(14)24)8-9-18(23)25-17-12-20(3,4)22(7)21(5,6)13-17;1-4-12-19-17-10-8-16(9-11-17)13-20-18-14(2)6-5-7-15(18)3/h10-11,17,24H,8-9,12-13H2,1-7H3;8-11,14-15H,4-7,12-13H2,1-3H3. The number of ether oxygens (including phenoxy) is 2. The van der Waals surface area contributed by atoms with Crippen molar-refractivity contribution in [2.75, 3.05) is 13.7 Å². The molecule has 45 heavy (non-hydrogen) atoms. The number of phenolic OH excluding ortho intramolecular Hbond substituents is 1. The number of piperidine rings is 2. The number of hydrogen-bond acceptors (Lipinski definition) is 7. The second-order valence-electron chi connectivity index (χ2n) is 14.5. The quantitative estimate of drug-likeness (QED) is 0.267. The van der Waals surface area contributed by atoms with Gasteiger partial charge in [-0.1, -0.05) is 37.6 Å². The first-order chi connectivity index (χ1) is 21.1. The van der Waals surface area contributed by atoms with Crippen molar-refractivity contribution in [3.8, 4) is 11.5 Å². The highest BCUT2D eigenvalue weighted by Crippen LogP contribution is 2.38. The highest BCUT2D eigenvalue weighted by molar-refractivity contribution is 5.70. The van der Waals surface area contributed by atoms with E-state index in [2.05, 4.69) is 77.6 Å². The molecule has 2 saturated heterocycles. The maximum absolute atomic E-state index is 12.3. The number of rotatable bonds is 10. The first kappa shape index (κ1) is 36.9. The van der Waals surface area contributed by atoms with Crippen molar-refractivity contribution in [1.82, 2.24) is 9.96 Å². The van der Waals surface area contributed by atoms with Gasteiger partial charge in [0.15, 0.2) is 0 Å². The van der Waals surface area contributed by atoms with Crippen LogP contribution in [0, 0.1) is 13.8 Å². The Hall–Kier alpha value is -2.61. The Bertz CT molecular complexity index is 1170. The summed E-state index contributed by atoms with van der Waals surface area (Å²) in [6, 6.07) is 13.1. The number of aromatic hydroxyl groups is 1. The van der Waals surface area contributed by atoms with Gasteiger partial charge in [-0.25, -0.2) is 0 Å². The molecule has 7 nitrogen and oxygen atoms in total. The van der Waals surface area contributed by atoms with Crippen LogP contribution in [0.15, 0.2) is 36.4 Å². The molecule has 2 heterocycles. The van der Waals surface area contributed by atoms with Gasteiger partial charge in [0.2, 0.25) is 0 Å². The van der Waals surface area contributed by atoms with E-state index in [0.29, 0.717) is 37.3 Å². The van der Waals surface area contributed by atoms with Gasteiger partial charge in [0.25, 0.3) is 0 Å². The molecule has 1 N–H and O–H groups in total. The Morgan fingerprint density at radius 2 is 1.49 bits per heavy atom. The van der Waals surface area contributed by atoms with Gasteiger partial charge in [-0.15, -0.1) is 0 Å². The lowest BCUT2D eigenvalue weighted by Crippen LogP contribution is -2.60. The lowest BCUT2D eigenvalue weighted by Gasteiger charge is -2.53. The first-order valence-electron chi connectivity index (χ1n) is 17.0. The monoisotopic (exact) mass is 624 g/mol. The third-order valence-corrected chi connectivity index (χ3v) is 9.63. The molecule has 0 aliphatic carbocycles. The van der Waals surface area contributed by atoms with E-state index < -0.39 is 0 Å². The summed E-state index contributed by atoms with van der Waals surface area (Å²) in [5, 5.41) is 12.0. The zero-order chi connectivity index (χ0) is 33.4. The maximum atomic E-state index is 12.3. The highest BCUT2D eigenvalue weighted by Gasteiger charge is 2.44. The molecular formula is C38H60N2O5. The molecule has 0 aromatic heterocycles. The van der Waals surface area contributed by atoms with E-state index in [0.717, 1.165) is 48.3 Å². The lowest BCUT2D eigenvalue weighted by atomic mass is 9.79. The maximum Gasteiger partial charge on any atom is 0.306 e. The van der Waals surface area contributed by atoms with Crippen molar-refractivity contribution in [3.05, 3.63) is 58.7 Å². The summed E-state index contributed by atoms with van der Waals surface area (Å²) in [5.74, 6) is 1.14. The molecule has 0 amide bonds. The third kappa shape index (κ3) is 10.7. The molecule has 7 heteroatoms. The summed E-state index contributed by atoms with van der Waals surface area (Å²) in [4.78, 5) is 20.7. The van der Waals surface area contributed by atoms with Crippen LogP contribution < -0.4 is 4.74 Å². The van der Waals surface area contributed by atoms with E-state index in [1.54, 1.807) is 0 Å². The zero-order valence-electron chi connectivity index (χ0n) is 29.7. The number of likely N-dealkylation sites (tertiary alicyclic amines) is 1. The number of aryl methyl sites for hydroxylation is 3.